The molecule has 0 heterocycles. The summed E-state index contributed by atoms with van der Waals surface area (Å²) in [7, 11) is 0. The Kier molecular flexibility index (Phi) is 6.04. The Labute approximate surface area is 106 Å². The molecule has 18 heavy (non-hydrogen) atoms. The second-order valence-corrected chi connectivity index (χ2v) is 4.45. The van der Waals surface area contributed by atoms with Gasteiger partial charge in [-0.25, -0.2) is 4.39 Å². The molecule has 1 aromatic carbocycles. The molecule has 5 heteroatoms. The normalized spacial score (nSPS) is 12.8. The summed E-state index contributed by atoms with van der Waals surface area (Å²) in [6.07, 6.45) is -0.994. The van der Waals surface area contributed by atoms with Gasteiger partial charge in [0.1, 0.15) is 12.7 Å². The fourth-order valence-corrected chi connectivity index (χ4v) is 1.33. The summed E-state index contributed by atoms with van der Waals surface area (Å²) in [4.78, 5) is 0. The molecule has 1 aromatic rings. The zero-order valence-electron chi connectivity index (χ0n) is 10.7. The Hall–Kier alpha value is -1.17. The molecule has 1 rings (SSSR count). The van der Waals surface area contributed by atoms with Gasteiger partial charge in [-0.3, -0.25) is 0 Å². The SMILES string of the molecule is CC(C)NCc1ccc(OCC(O)CO)c(F)c1. The van der Waals surface area contributed by atoms with Crippen molar-refractivity contribution in [3.05, 3.63) is 29.6 Å². The lowest BCUT2D eigenvalue weighted by atomic mass is 10.2. The molecule has 0 saturated heterocycles. The summed E-state index contributed by atoms with van der Waals surface area (Å²) in [5.41, 5.74) is 0.830. The lowest BCUT2D eigenvalue weighted by Crippen LogP contribution is -2.22. The standard InChI is InChI=1S/C13H20FNO3/c1-9(2)15-6-10-3-4-13(12(14)5-10)18-8-11(17)7-16/h3-5,9,11,15-17H,6-8H2,1-2H3. The molecule has 102 valence electrons. The van der Waals surface area contributed by atoms with E-state index in [4.69, 9.17) is 14.9 Å². The van der Waals surface area contributed by atoms with Crippen LogP contribution in [0.3, 0.4) is 0 Å². The van der Waals surface area contributed by atoms with E-state index in [-0.39, 0.29) is 12.4 Å². The fraction of sp³-hybridized carbons (Fsp3) is 0.538. The lowest BCUT2D eigenvalue weighted by Gasteiger charge is -2.12. The van der Waals surface area contributed by atoms with E-state index in [2.05, 4.69) is 5.32 Å². The van der Waals surface area contributed by atoms with Crippen LogP contribution in [0.4, 0.5) is 4.39 Å². The number of halogens is 1. The molecule has 0 aliphatic rings. The number of rotatable bonds is 7. The molecule has 3 N–H and O–H groups in total. The van der Waals surface area contributed by atoms with Crippen LogP contribution in [-0.4, -0.2) is 35.6 Å². The van der Waals surface area contributed by atoms with Gasteiger partial charge in [0.15, 0.2) is 11.6 Å². The van der Waals surface area contributed by atoms with Crippen molar-refractivity contribution in [3.63, 3.8) is 0 Å². The van der Waals surface area contributed by atoms with Gasteiger partial charge in [0.25, 0.3) is 0 Å². The topological polar surface area (TPSA) is 61.7 Å². The Balaban J connectivity index is 2.56. The molecule has 0 aliphatic heterocycles. The number of aliphatic hydroxyl groups excluding tert-OH is 2. The van der Waals surface area contributed by atoms with E-state index >= 15 is 0 Å². The zero-order chi connectivity index (χ0) is 13.5. The first kappa shape index (κ1) is 14.9. The van der Waals surface area contributed by atoms with Gasteiger partial charge in [0, 0.05) is 12.6 Å². The first-order chi connectivity index (χ1) is 8.52. The average Bonchev–Trinajstić information content (AvgIpc) is 2.34. The van der Waals surface area contributed by atoms with Crippen molar-refractivity contribution in [1.82, 2.24) is 5.32 Å². The third-order valence-electron chi connectivity index (χ3n) is 2.35. The molecule has 0 spiro atoms. The Morgan fingerprint density at radius 1 is 1.39 bits per heavy atom. The van der Waals surface area contributed by atoms with E-state index < -0.39 is 18.5 Å². The van der Waals surface area contributed by atoms with E-state index in [0.717, 1.165) is 5.56 Å². The summed E-state index contributed by atoms with van der Waals surface area (Å²) in [6, 6.07) is 5.02. The minimum absolute atomic E-state index is 0.0794. The van der Waals surface area contributed by atoms with Crippen LogP contribution in [0, 0.1) is 5.82 Å². The van der Waals surface area contributed by atoms with Crippen molar-refractivity contribution in [2.75, 3.05) is 13.2 Å². The highest BCUT2D eigenvalue weighted by Gasteiger charge is 2.08. The van der Waals surface area contributed by atoms with Crippen LogP contribution in [0.25, 0.3) is 0 Å². The maximum Gasteiger partial charge on any atom is 0.165 e. The second-order valence-electron chi connectivity index (χ2n) is 4.45. The number of nitrogens with one attached hydrogen (secondary N) is 1. The third kappa shape index (κ3) is 5.00. The number of ether oxygens (including phenoxy) is 1. The zero-order valence-corrected chi connectivity index (χ0v) is 10.7. The van der Waals surface area contributed by atoms with E-state index in [9.17, 15) is 4.39 Å². The number of aliphatic hydroxyl groups is 2. The maximum atomic E-state index is 13.6. The van der Waals surface area contributed by atoms with Gasteiger partial charge in [-0.1, -0.05) is 19.9 Å². The van der Waals surface area contributed by atoms with Crippen LogP contribution >= 0.6 is 0 Å². The van der Waals surface area contributed by atoms with Crippen molar-refractivity contribution < 1.29 is 19.3 Å². The molecule has 0 bridgehead atoms. The van der Waals surface area contributed by atoms with Gasteiger partial charge >= 0.3 is 0 Å². The van der Waals surface area contributed by atoms with Crippen molar-refractivity contribution in [3.8, 4) is 5.75 Å². The van der Waals surface area contributed by atoms with E-state index in [1.54, 1.807) is 6.07 Å². The van der Waals surface area contributed by atoms with Gasteiger partial charge in [-0.2, -0.15) is 0 Å². The maximum absolute atomic E-state index is 13.6. The van der Waals surface area contributed by atoms with Crippen molar-refractivity contribution in [2.45, 2.75) is 32.5 Å². The summed E-state index contributed by atoms with van der Waals surface area (Å²) in [5.74, 6) is -0.390. The van der Waals surface area contributed by atoms with Crippen molar-refractivity contribution in [1.29, 1.82) is 0 Å². The highest BCUT2D eigenvalue weighted by Crippen LogP contribution is 2.18. The molecule has 1 atom stereocenters. The van der Waals surface area contributed by atoms with Crippen LogP contribution in [0.2, 0.25) is 0 Å². The molecule has 0 saturated carbocycles. The van der Waals surface area contributed by atoms with Gasteiger partial charge in [-0.05, 0) is 17.7 Å². The van der Waals surface area contributed by atoms with E-state index in [1.807, 2.05) is 13.8 Å². The number of hydrogen-bond donors (Lipinski definition) is 3. The van der Waals surface area contributed by atoms with Gasteiger partial charge in [0.05, 0.1) is 6.61 Å². The minimum Gasteiger partial charge on any atom is -0.488 e. The van der Waals surface area contributed by atoms with Crippen molar-refractivity contribution in [2.24, 2.45) is 0 Å². The monoisotopic (exact) mass is 257 g/mol. The molecular weight excluding hydrogens is 237 g/mol. The fourth-order valence-electron chi connectivity index (χ4n) is 1.33. The van der Waals surface area contributed by atoms with Gasteiger partial charge in [-0.15, -0.1) is 0 Å². The number of benzene rings is 1. The highest BCUT2D eigenvalue weighted by atomic mass is 19.1. The summed E-state index contributed by atoms with van der Waals surface area (Å²) < 4.78 is 18.7. The molecule has 0 radical (unpaired) electrons. The van der Waals surface area contributed by atoms with E-state index in [0.29, 0.717) is 12.6 Å². The number of hydrogen-bond acceptors (Lipinski definition) is 4. The molecule has 0 amide bonds. The predicted octanol–water partition coefficient (Wildman–Crippen LogP) is 1.06. The van der Waals surface area contributed by atoms with E-state index in [1.165, 1.54) is 12.1 Å². The lowest BCUT2D eigenvalue weighted by molar-refractivity contribution is 0.0523. The summed E-state index contributed by atoms with van der Waals surface area (Å²) >= 11 is 0. The summed E-state index contributed by atoms with van der Waals surface area (Å²) in [5, 5.41) is 20.9. The van der Waals surface area contributed by atoms with Gasteiger partial charge < -0.3 is 20.3 Å². The van der Waals surface area contributed by atoms with Crippen LogP contribution in [0.15, 0.2) is 18.2 Å². The second kappa shape index (κ2) is 7.31. The quantitative estimate of drug-likeness (QED) is 0.683. The first-order valence-electron chi connectivity index (χ1n) is 5.96. The van der Waals surface area contributed by atoms with Crippen LogP contribution < -0.4 is 10.1 Å². The Morgan fingerprint density at radius 2 is 2.11 bits per heavy atom. The molecule has 0 aromatic heterocycles. The summed E-state index contributed by atoms with van der Waals surface area (Å²) in [6.45, 7) is 4.09. The molecule has 0 aliphatic carbocycles. The third-order valence-corrected chi connectivity index (χ3v) is 2.35. The highest BCUT2D eigenvalue weighted by molar-refractivity contribution is 5.29. The Morgan fingerprint density at radius 3 is 2.67 bits per heavy atom. The predicted molar refractivity (Wildman–Crippen MR) is 67.0 cm³/mol. The van der Waals surface area contributed by atoms with Crippen LogP contribution in [0.1, 0.15) is 19.4 Å². The van der Waals surface area contributed by atoms with Crippen LogP contribution in [0.5, 0.6) is 5.75 Å². The first-order valence-corrected chi connectivity index (χ1v) is 5.96. The van der Waals surface area contributed by atoms with Crippen molar-refractivity contribution >= 4 is 0 Å². The minimum atomic E-state index is -0.994. The molecule has 1 unspecified atom stereocenters. The smallest absolute Gasteiger partial charge is 0.165 e. The largest absolute Gasteiger partial charge is 0.488 e. The average molecular weight is 257 g/mol. The van der Waals surface area contributed by atoms with Crippen LogP contribution in [-0.2, 0) is 6.54 Å². The Bertz CT molecular complexity index is 371. The molecule has 4 nitrogen and oxygen atoms in total. The molecule has 0 fully saturated rings. The van der Waals surface area contributed by atoms with Gasteiger partial charge in [0.2, 0.25) is 0 Å². The molecular formula is C13H20FNO3.